The van der Waals surface area contributed by atoms with Gasteiger partial charge in [-0.15, -0.1) is 0 Å². The van der Waals surface area contributed by atoms with Gasteiger partial charge in [0.25, 0.3) is 0 Å². The highest BCUT2D eigenvalue weighted by molar-refractivity contribution is 6.35. The molecule has 2 nitrogen and oxygen atoms in total. The number of rotatable bonds is 5. The van der Waals surface area contributed by atoms with Crippen LogP contribution in [0.1, 0.15) is 17.2 Å². The molecule has 0 bridgehead atoms. The van der Waals surface area contributed by atoms with E-state index in [-0.39, 0.29) is 0 Å². The largest absolute Gasteiger partial charge is 0.387 e. The molecular formula is C15H15Cl2NO. The van der Waals surface area contributed by atoms with Gasteiger partial charge in [-0.1, -0.05) is 59.6 Å². The summed E-state index contributed by atoms with van der Waals surface area (Å²) < 4.78 is 0. The summed E-state index contributed by atoms with van der Waals surface area (Å²) in [4.78, 5) is 0. The molecule has 2 N–H and O–H groups in total. The predicted molar refractivity (Wildman–Crippen MR) is 79.6 cm³/mol. The van der Waals surface area contributed by atoms with Gasteiger partial charge in [0, 0.05) is 28.7 Å². The van der Waals surface area contributed by atoms with Gasteiger partial charge >= 0.3 is 0 Å². The van der Waals surface area contributed by atoms with Gasteiger partial charge < -0.3 is 10.4 Å². The lowest BCUT2D eigenvalue weighted by Crippen LogP contribution is -2.21. The zero-order chi connectivity index (χ0) is 13.7. The molecule has 1 atom stereocenters. The van der Waals surface area contributed by atoms with Crippen LogP contribution in [0.5, 0.6) is 0 Å². The maximum absolute atomic E-state index is 10.0. The van der Waals surface area contributed by atoms with E-state index in [0.29, 0.717) is 23.1 Å². The molecule has 0 aliphatic carbocycles. The number of aliphatic hydroxyl groups is 1. The van der Waals surface area contributed by atoms with Crippen LogP contribution in [0, 0.1) is 0 Å². The number of nitrogens with one attached hydrogen (secondary N) is 1. The van der Waals surface area contributed by atoms with Crippen molar-refractivity contribution in [1.82, 2.24) is 5.32 Å². The molecule has 0 saturated carbocycles. The lowest BCUT2D eigenvalue weighted by molar-refractivity contribution is 0.174. The fourth-order valence-corrected chi connectivity index (χ4v) is 2.36. The predicted octanol–water partition coefficient (Wildman–Crippen LogP) is 3.82. The summed E-state index contributed by atoms with van der Waals surface area (Å²) >= 11 is 12.1. The van der Waals surface area contributed by atoms with Gasteiger partial charge in [0.2, 0.25) is 0 Å². The smallest absolute Gasteiger partial charge is 0.0914 e. The summed E-state index contributed by atoms with van der Waals surface area (Å²) in [5, 5.41) is 14.4. The van der Waals surface area contributed by atoms with E-state index in [2.05, 4.69) is 5.32 Å². The lowest BCUT2D eigenvalue weighted by atomic mass is 10.1. The van der Waals surface area contributed by atoms with Crippen LogP contribution in [0.4, 0.5) is 0 Å². The van der Waals surface area contributed by atoms with Crippen LogP contribution in [0.3, 0.4) is 0 Å². The van der Waals surface area contributed by atoms with Gasteiger partial charge in [0.05, 0.1) is 6.10 Å². The maximum atomic E-state index is 10.0. The normalized spacial score (nSPS) is 12.4. The van der Waals surface area contributed by atoms with Crippen molar-refractivity contribution in [2.45, 2.75) is 12.6 Å². The molecule has 0 saturated heterocycles. The number of hydrogen-bond donors (Lipinski definition) is 2. The first kappa shape index (κ1) is 14.4. The molecule has 100 valence electrons. The fraction of sp³-hybridized carbons (Fsp3) is 0.200. The number of hydrogen-bond acceptors (Lipinski definition) is 2. The maximum Gasteiger partial charge on any atom is 0.0914 e. The van der Waals surface area contributed by atoms with Crippen molar-refractivity contribution in [3.63, 3.8) is 0 Å². The molecule has 0 aliphatic rings. The highest BCUT2D eigenvalue weighted by Crippen LogP contribution is 2.24. The zero-order valence-electron chi connectivity index (χ0n) is 10.3. The molecule has 2 rings (SSSR count). The molecule has 0 heterocycles. The first-order valence-corrected chi connectivity index (χ1v) is 6.80. The number of halogens is 2. The van der Waals surface area contributed by atoms with Crippen molar-refractivity contribution >= 4 is 23.2 Å². The Hall–Kier alpha value is -1.06. The second-order valence-electron chi connectivity index (χ2n) is 4.26. The number of benzene rings is 2. The summed E-state index contributed by atoms with van der Waals surface area (Å²) in [7, 11) is 0. The Bertz CT molecular complexity index is 511. The first-order chi connectivity index (χ1) is 9.18. The first-order valence-electron chi connectivity index (χ1n) is 6.05. The van der Waals surface area contributed by atoms with Crippen LogP contribution in [0.25, 0.3) is 0 Å². The van der Waals surface area contributed by atoms with Gasteiger partial charge in [-0.2, -0.15) is 0 Å². The average molecular weight is 296 g/mol. The minimum Gasteiger partial charge on any atom is -0.387 e. The summed E-state index contributed by atoms with van der Waals surface area (Å²) in [6.07, 6.45) is -0.539. The van der Waals surface area contributed by atoms with Crippen LogP contribution in [-0.4, -0.2) is 11.7 Å². The highest BCUT2D eigenvalue weighted by Gasteiger charge is 2.08. The molecule has 0 aliphatic heterocycles. The Morgan fingerprint density at radius 3 is 2.21 bits per heavy atom. The van der Waals surface area contributed by atoms with Gasteiger partial charge in [-0.3, -0.25) is 0 Å². The van der Waals surface area contributed by atoms with Crippen LogP contribution in [0.2, 0.25) is 10.0 Å². The Labute approximate surface area is 123 Å². The van der Waals surface area contributed by atoms with Crippen LogP contribution in [0.15, 0.2) is 48.5 Å². The zero-order valence-corrected chi connectivity index (χ0v) is 11.8. The molecule has 2 aromatic carbocycles. The minimum absolute atomic E-state index is 0.450. The molecule has 0 fully saturated rings. The van der Waals surface area contributed by atoms with Crippen LogP contribution < -0.4 is 5.32 Å². The van der Waals surface area contributed by atoms with Crippen LogP contribution in [-0.2, 0) is 6.54 Å². The highest BCUT2D eigenvalue weighted by atomic mass is 35.5. The Balaban J connectivity index is 1.90. The Morgan fingerprint density at radius 2 is 1.58 bits per heavy atom. The van der Waals surface area contributed by atoms with Crippen molar-refractivity contribution < 1.29 is 5.11 Å². The van der Waals surface area contributed by atoms with Crippen molar-refractivity contribution in [1.29, 1.82) is 0 Å². The molecule has 0 unspecified atom stereocenters. The summed E-state index contributed by atoms with van der Waals surface area (Å²) in [5.41, 5.74) is 1.74. The molecule has 4 heteroatoms. The molecule has 0 spiro atoms. The molecular weight excluding hydrogens is 281 g/mol. The second kappa shape index (κ2) is 6.92. The van der Waals surface area contributed by atoms with E-state index in [0.717, 1.165) is 11.1 Å². The second-order valence-corrected chi connectivity index (χ2v) is 5.07. The fourth-order valence-electron chi connectivity index (χ4n) is 1.83. The quantitative estimate of drug-likeness (QED) is 0.879. The van der Waals surface area contributed by atoms with E-state index in [9.17, 15) is 5.11 Å². The van der Waals surface area contributed by atoms with Gasteiger partial charge in [-0.25, -0.2) is 0 Å². The summed E-state index contributed by atoms with van der Waals surface area (Å²) in [5.74, 6) is 0. The third kappa shape index (κ3) is 3.95. The van der Waals surface area contributed by atoms with Crippen molar-refractivity contribution in [2.75, 3.05) is 6.54 Å². The topological polar surface area (TPSA) is 32.3 Å². The van der Waals surface area contributed by atoms with E-state index in [1.807, 2.05) is 36.4 Å². The van der Waals surface area contributed by atoms with Gasteiger partial charge in [0.15, 0.2) is 0 Å². The Kier molecular flexibility index (Phi) is 5.23. The van der Waals surface area contributed by atoms with Gasteiger partial charge in [-0.05, 0) is 17.7 Å². The molecule has 0 radical (unpaired) electrons. The minimum atomic E-state index is -0.539. The molecule has 19 heavy (non-hydrogen) atoms. The SMILES string of the molecule is O[C@@H](CNCc1c(Cl)cccc1Cl)c1ccccc1. The molecule has 2 aromatic rings. The van der Waals surface area contributed by atoms with Gasteiger partial charge in [0.1, 0.15) is 0 Å². The average Bonchev–Trinajstić information content (AvgIpc) is 2.43. The van der Waals surface area contributed by atoms with E-state index in [4.69, 9.17) is 23.2 Å². The monoisotopic (exact) mass is 295 g/mol. The van der Waals surface area contributed by atoms with Crippen LogP contribution >= 0.6 is 23.2 Å². The third-order valence-corrected chi connectivity index (χ3v) is 3.59. The number of aliphatic hydroxyl groups excluding tert-OH is 1. The standard InChI is InChI=1S/C15H15Cl2NO/c16-13-7-4-8-14(17)12(13)9-18-10-15(19)11-5-2-1-3-6-11/h1-8,15,18-19H,9-10H2/t15-/m0/s1. The van der Waals surface area contributed by atoms with Crippen molar-refractivity contribution in [2.24, 2.45) is 0 Å². The Morgan fingerprint density at radius 1 is 0.947 bits per heavy atom. The summed E-state index contributed by atoms with van der Waals surface area (Å²) in [6.45, 7) is 0.980. The summed E-state index contributed by atoms with van der Waals surface area (Å²) in [6, 6.07) is 15.0. The van der Waals surface area contributed by atoms with Crippen molar-refractivity contribution in [3.8, 4) is 0 Å². The van der Waals surface area contributed by atoms with Crippen molar-refractivity contribution in [3.05, 3.63) is 69.7 Å². The molecule has 0 amide bonds. The molecule has 0 aromatic heterocycles. The van der Waals surface area contributed by atoms with E-state index in [1.54, 1.807) is 12.1 Å². The van der Waals surface area contributed by atoms with E-state index >= 15 is 0 Å². The van der Waals surface area contributed by atoms with E-state index in [1.165, 1.54) is 0 Å². The lowest BCUT2D eigenvalue weighted by Gasteiger charge is -2.13. The third-order valence-electron chi connectivity index (χ3n) is 2.89. The van der Waals surface area contributed by atoms with E-state index < -0.39 is 6.10 Å².